The third-order valence-electron chi connectivity index (χ3n) is 7.75. The van der Waals surface area contributed by atoms with Crippen LogP contribution in [0.3, 0.4) is 0 Å². The first-order valence-electron chi connectivity index (χ1n) is 13.7. The molecule has 2 fully saturated rings. The fourth-order valence-corrected chi connectivity index (χ4v) is 5.42. The number of para-hydroxylation sites is 2. The number of aromatic hydroxyl groups is 1. The fourth-order valence-electron chi connectivity index (χ4n) is 5.42. The smallest absolute Gasteiger partial charge is 0.206 e. The zero-order valence-electron chi connectivity index (χ0n) is 22.3. The number of benzene rings is 2. The highest BCUT2D eigenvalue weighted by Crippen LogP contribution is 2.35. The molecule has 0 spiro atoms. The number of piperidine rings is 1. The van der Waals surface area contributed by atoms with Gasteiger partial charge < -0.3 is 45.9 Å². The molecule has 5 rings (SSSR count). The number of nitrogens with two attached hydrogens (primary N) is 1. The SMILES string of the molecule is N=C(N)C1CCN(CCCOc2cc(CNc3nc4ccccc4n3[C@@H]3O[C@H](CO)[C@@H](O)[C@H]3O)ccc2O)CC1. The molecular weight excluding hydrogens is 516 g/mol. The predicted molar refractivity (Wildman–Crippen MR) is 149 cm³/mol. The number of nitrogens with one attached hydrogen (secondary N) is 2. The van der Waals surface area contributed by atoms with E-state index in [-0.39, 0.29) is 17.5 Å². The number of amidine groups is 1. The first kappa shape index (κ1) is 28.1. The fraction of sp³-hybridized carbons (Fsp3) is 0.500. The summed E-state index contributed by atoms with van der Waals surface area (Å²) in [4.78, 5) is 7.00. The lowest BCUT2D eigenvalue weighted by molar-refractivity contribution is -0.0499. The van der Waals surface area contributed by atoms with Gasteiger partial charge in [-0.15, -0.1) is 0 Å². The maximum atomic E-state index is 10.7. The number of fused-ring (bicyclic) bond motifs is 1. The number of likely N-dealkylation sites (tertiary alicyclic amines) is 1. The van der Waals surface area contributed by atoms with E-state index in [1.807, 2.05) is 24.3 Å². The van der Waals surface area contributed by atoms with Crippen molar-refractivity contribution in [3.8, 4) is 11.5 Å². The molecule has 8 N–H and O–H groups in total. The molecule has 0 amide bonds. The Hall–Kier alpha value is -3.42. The Bertz CT molecular complexity index is 1310. The third kappa shape index (κ3) is 6.01. The predicted octanol–water partition coefficient (Wildman–Crippen LogP) is 1.38. The number of hydrogen-bond donors (Lipinski definition) is 7. The average molecular weight is 555 g/mol. The summed E-state index contributed by atoms with van der Waals surface area (Å²) in [7, 11) is 0. The molecule has 4 atom stereocenters. The van der Waals surface area contributed by atoms with E-state index >= 15 is 0 Å². The Kier molecular flexibility index (Phi) is 8.72. The minimum Gasteiger partial charge on any atom is -0.504 e. The molecule has 3 aromatic rings. The molecule has 12 heteroatoms. The zero-order valence-corrected chi connectivity index (χ0v) is 22.3. The van der Waals surface area contributed by atoms with Gasteiger partial charge in [0.1, 0.15) is 18.3 Å². The first-order chi connectivity index (χ1) is 19.4. The van der Waals surface area contributed by atoms with E-state index in [2.05, 4.69) is 15.2 Å². The summed E-state index contributed by atoms with van der Waals surface area (Å²) < 4.78 is 13.4. The van der Waals surface area contributed by atoms with Gasteiger partial charge in [0.25, 0.3) is 0 Å². The quantitative estimate of drug-likeness (QED) is 0.104. The standard InChI is InChI=1S/C28H38N6O6/c29-26(30)18-8-11-33(12-9-18)10-3-13-39-22-14-17(6-7-21(22)36)15-31-28-32-19-4-1-2-5-20(19)34(28)27-25(38)24(37)23(16-35)40-27/h1-2,4-7,14,18,23-25,27,35-38H,3,8-13,15-16H2,(H3,29,30)(H,31,32)/t23-,24-,25-,27-/m1/s1. The van der Waals surface area contributed by atoms with E-state index in [1.54, 1.807) is 22.8 Å². The highest BCUT2D eigenvalue weighted by Gasteiger charge is 2.44. The topological polar surface area (TPSA) is 182 Å². The third-order valence-corrected chi connectivity index (χ3v) is 7.75. The summed E-state index contributed by atoms with van der Waals surface area (Å²) in [5, 5.41) is 51.7. The van der Waals surface area contributed by atoms with Crippen LogP contribution in [0, 0.1) is 11.3 Å². The van der Waals surface area contributed by atoms with Gasteiger partial charge in [-0.2, -0.15) is 0 Å². The van der Waals surface area contributed by atoms with Gasteiger partial charge >= 0.3 is 0 Å². The molecule has 0 aliphatic carbocycles. The molecule has 40 heavy (non-hydrogen) atoms. The van der Waals surface area contributed by atoms with Crippen LogP contribution in [-0.2, 0) is 11.3 Å². The van der Waals surface area contributed by atoms with Crippen LogP contribution >= 0.6 is 0 Å². The van der Waals surface area contributed by atoms with E-state index in [4.69, 9.17) is 20.6 Å². The maximum absolute atomic E-state index is 10.7. The van der Waals surface area contributed by atoms with E-state index in [1.165, 1.54) is 0 Å². The Morgan fingerprint density at radius 2 is 1.93 bits per heavy atom. The van der Waals surface area contributed by atoms with Gasteiger partial charge in [0, 0.05) is 19.0 Å². The Morgan fingerprint density at radius 3 is 2.65 bits per heavy atom. The summed E-state index contributed by atoms with van der Waals surface area (Å²) in [5.74, 6) is 1.36. The Balaban J connectivity index is 1.21. The van der Waals surface area contributed by atoms with E-state index in [0.29, 0.717) is 35.9 Å². The maximum Gasteiger partial charge on any atom is 0.206 e. The molecule has 0 radical (unpaired) electrons. The summed E-state index contributed by atoms with van der Waals surface area (Å²) >= 11 is 0. The van der Waals surface area contributed by atoms with Gasteiger partial charge in [-0.3, -0.25) is 9.98 Å². The van der Waals surface area contributed by atoms with Gasteiger partial charge in [0.2, 0.25) is 5.95 Å². The van der Waals surface area contributed by atoms with Crippen LogP contribution < -0.4 is 15.8 Å². The van der Waals surface area contributed by atoms with Gasteiger partial charge in [-0.25, -0.2) is 4.98 Å². The highest BCUT2D eigenvalue weighted by atomic mass is 16.6. The van der Waals surface area contributed by atoms with Crippen molar-refractivity contribution in [1.82, 2.24) is 14.5 Å². The van der Waals surface area contributed by atoms with Crippen molar-refractivity contribution in [2.24, 2.45) is 11.7 Å². The lowest BCUT2D eigenvalue weighted by Crippen LogP contribution is -2.39. The number of anilines is 1. The first-order valence-corrected chi connectivity index (χ1v) is 13.7. The summed E-state index contributed by atoms with van der Waals surface area (Å²) in [6.45, 7) is 3.11. The van der Waals surface area contributed by atoms with E-state index < -0.39 is 31.1 Å². The summed E-state index contributed by atoms with van der Waals surface area (Å²) in [5.41, 5.74) is 7.87. The molecule has 2 saturated heterocycles. The average Bonchev–Trinajstić information content (AvgIpc) is 3.47. The van der Waals surface area contributed by atoms with Crippen molar-refractivity contribution >= 4 is 22.8 Å². The van der Waals surface area contributed by atoms with Crippen molar-refractivity contribution in [2.45, 2.75) is 50.3 Å². The number of rotatable bonds is 11. The Labute approximate surface area is 232 Å². The highest BCUT2D eigenvalue weighted by molar-refractivity contribution is 5.80. The molecular formula is C28H38N6O6. The molecule has 2 aliphatic rings. The molecule has 2 aliphatic heterocycles. The second-order valence-electron chi connectivity index (χ2n) is 10.5. The number of imidazole rings is 1. The summed E-state index contributed by atoms with van der Waals surface area (Å²) in [6.07, 6.45) is -1.69. The van der Waals surface area contributed by atoms with Crippen molar-refractivity contribution in [1.29, 1.82) is 5.41 Å². The number of ether oxygens (including phenoxy) is 2. The molecule has 0 bridgehead atoms. The van der Waals surface area contributed by atoms with Crippen LogP contribution in [0.15, 0.2) is 42.5 Å². The van der Waals surface area contributed by atoms with Crippen molar-refractivity contribution in [2.75, 3.05) is 38.2 Å². The number of phenolic OH excluding ortho intramolecular Hbond substituents is 1. The monoisotopic (exact) mass is 554 g/mol. The number of aromatic nitrogens is 2. The molecule has 1 aromatic heterocycles. The largest absolute Gasteiger partial charge is 0.504 e. The molecule has 0 saturated carbocycles. The second kappa shape index (κ2) is 12.4. The number of nitrogens with zero attached hydrogens (tertiary/aromatic N) is 3. The minimum atomic E-state index is -1.25. The summed E-state index contributed by atoms with van der Waals surface area (Å²) in [6, 6.07) is 12.6. The van der Waals surface area contributed by atoms with Crippen LogP contribution in [0.1, 0.15) is 31.1 Å². The van der Waals surface area contributed by atoms with Gasteiger partial charge in [-0.05, 0) is 62.2 Å². The number of aliphatic hydroxyl groups excluding tert-OH is 3. The van der Waals surface area contributed by atoms with Crippen LogP contribution in [0.2, 0.25) is 0 Å². The second-order valence-corrected chi connectivity index (χ2v) is 10.5. The minimum absolute atomic E-state index is 0.0600. The van der Waals surface area contributed by atoms with Gasteiger partial charge in [-0.1, -0.05) is 18.2 Å². The van der Waals surface area contributed by atoms with Crippen LogP contribution in [-0.4, -0.2) is 91.9 Å². The lowest BCUT2D eigenvalue weighted by Gasteiger charge is -2.31. The zero-order chi connectivity index (χ0) is 28.2. The van der Waals surface area contributed by atoms with E-state index in [0.717, 1.165) is 44.5 Å². The van der Waals surface area contributed by atoms with Crippen molar-refractivity contribution in [3.05, 3.63) is 48.0 Å². The number of hydrogen-bond acceptors (Lipinski definition) is 10. The van der Waals surface area contributed by atoms with Crippen LogP contribution in [0.25, 0.3) is 11.0 Å². The van der Waals surface area contributed by atoms with Crippen molar-refractivity contribution in [3.63, 3.8) is 0 Å². The molecule has 216 valence electrons. The van der Waals surface area contributed by atoms with E-state index in [9.17, 15) is 20.4 Å². The van der Waals surface area contributed by atoms with Gasteiger partial charge in [0.15, 0.2) is 17.7 Å². The molecule has 12 nitrogen and oxygen atoms in total. The molecule has 0 unspecified atom stereocenters. The molecule has 2 aromatic carbocycles. The normalized spacial score (nSPS) is 24.0. The molecule has 3 heterocycles. The van der Waals surface area contributed by atoms with Gasteiger partial charge in [0.05, 0.1) is 30.1 Å². The van der Waals surface area contributed by atoms with Crippen LogP contribution in [0.5, 0.6) is 11.5 Å². The Morgan fingerprint density at radius 1 is 1.15 bits per heavy atom. The van der Waals surface area contributed by atoms with Crippen molar-refractivity contribution < 1.29 is 29.9 Å². The number of phenols is 1. The van der Waals surface area contributed by atoms with Crippen LogP contribution in [0.4, 0.5) is 5.95 Å². The lowest BCUT2D eigenvalue weighted by atomic mass is 9.96. The number of aliphatic hydroxyl groups is 3.